The van der Waals surface area contributed by atoms with Crippen molar-refractivity contribution in [2.75, 3.05) is 28.4 Å². The number of pyridine rings is 1. The molecule has 0 saturated carbocycles. The molecule has 0 amide bonds. The maximum absolute atomic E-state index is 5.81. The highest BCUT2D eigenvalue weighted by atomic mass is 16.5. The third-order valence-electron chi connectivity index (χ3n) is 6.88. The number of hydrogen-bond acceptors (Lipinski definition) is 5. The Balaban J connectivity index is 1.85. The number of hydrogen-bond donors (Lipinski definition) is 1. The van der Waals surface area contributed by atoms with Gasteiger partial charge in [0.25, 0.3) is 0 Å². The fourth-order valence-corrected chi connectivity index (χ4v) is 5.23. The molecule has 7 heteroatoms. The average molecular weight is 481 g/mol. The van der Waals surface area contributed by atoms with E-state index in [0.717, 1.165) is 54.6 Å². The van der Waals surface area contributed by atoms with Crippen LogP contribution in [0.2, 0.25) is 0 Å². The van der Waals surface area contributed by atoms with Crippen molar-refractivity contribution in [1.29, 1.82) is 0 Å². The molecule has 0 saturated heterocycles. The van der Waals surface area contributed by atoms with E-state index in [1.165, 1.54) is 0 Å². The molecule has 6 aromatic rings. The highest BCUT2D eigenvalue weighted by Gasteiger charge is 2.24. The van der Waals surface area contributed by atoms with Gasteiger partial charge in [-0.2, -0.15) is 4.57 Å². The second-order valence-corrected chi connectivity index (χ2v) is 8.71. The van der Waals surface area contributed by atoms with Crippen molar-refractivity contribution in [1.82, 2.24) is 9.97 Å². The molecule has 4 aromatic carbocycles. The van der Waals surface area contributed by atoms with Gasteiger partial charge in [-0.05, 0) is 59.0 Å². The van der Waals surface area contributed by atoms with E-state index in [1.54, 1.807) is 34.8 Å². The van der Waals surface area contributed by atoms with Crippen molar-refractivity contribution in [2.45, 2.75) is 0 Å². The van der Waals surface area contributed by atoms with Gasteiger partial charge >= 0.3 is 0 Å². The maximum Gasteiger partial charge on any atom is 0.221 e. The van der Waals surface area contributed by atoms with Crippen LogP contribution in [0, 0.1) is 0 Å². The fourth-order valence-electron chi connectivity index (χ4n) is 5.23. The summed E-state index contributed by atoms with van der Waals surface area (Å²) in [5.74, 6) is 2.77. The Bertz CT molecular complexity index is 1810. The number of nitrogens with one attached hydrogen (secondary N) is 1. The SMILES string of the molecule is COc1cc2cc(-c3ccc4nc[nH]c4c3)c3c4ccc(OC)c(OC)c4c[n+](C)c3c2cc1OC. The van der Waals surface area contributed by atoms with E-state index in [-0.39, 0.29) is 0 Å². The van der Waals surface area contributed by atoms with E-state index in [0.29, 0.717) is 23.0 Å². The average Bonchev–Trinajstić information content (AvgIpc) is 3.38. The first-order valence-electron chi connectivity index (χ1n) is 11.6. The quantitative estimate of drug-likeness (QED) is 0.259. The molecule has 36 heavy (non-hydrogen) atoms. The van der Waals surface area contributed by atoms with Gasteiger partial charge in [0, 0.05) is 5.39 Å². The Morgan fingerprint density at radius 2 is 1.53 bits per heavy atom. The minimum Gasteiger partial charge on any atom is -0.493 e. The van der Waals surface area contributed by atoms with E-state index in [1.807, 2.05) is 24.3 Å². The Labute approximate surface area is 207 Å². The molecular weight excluding hydrogens is 454 g/mol. The third kappa shape index (κ3) is 3.12. The van der Waals surface area contributed by atoms with Gasteiger partial charge in [-0.25, -0.2) is 4.98 Å². The van der Waals surface area contributed by atoms with Crippen molar-refractivity contribution >= 4 is 43.5 Å². The monoisotopic (exact) mass is 480 g/mol. The first kappa shape index (κ1) is 22.0. The van der Waals surface area contributed by atoms with E-state index < -0.39 is 0 Å². The molecule has 7 nitrogen and oxygen atoms in total. The van der Waals surface area contributed by atoms with Gasteiger partial charge in [0.1, 0.15) is 7.05 Å². The molecule has 0 bridgehead atoms. The van der Waals surface area contributed by atoms with Gasteiger partial charge in [0.05, 0.1) is 62.0 Å². The summed E-state index contributed by atoms with van der Waals surface area (Å²) in [6.07, 6.45) is 3.81. The summed E-state index contributed by atoms with van der Waals surface area (Å²) in [4.78, 5) is 7.63. The summed E-state index contributed by atoms with van der Waals surface area (Å²) < 4.78 is 24.8. The van der Waals surface area contributed by atoms with Gasteiger partial charge in [0.15, 0.2) is 29.2 Å². The van der Waals surface area contributed by atoms with Crippen LogP contribution in [0.5, 0.6) is 23.0 Å². The molecule has 0 aliphatic heterocycles. The van der Waals surface area contributed by atoms with Crippen LogP contribution in [0.15, 0.2) is 61.1 Å². The summed E-state index contributed by atoms with van der Waals surface area (Å²) >= 11 is 0. The fraction of sp³-hybridized carbons (Fsp3) is 0.172. The predicted molar refractivity (Wildman–Crippen MR) is 141 cm³/mol. The molecule has 180 valence electrons. The van der Waals surface area contributed by atoms with Crippen molar-refractivity contribution in [3.63, 3.8) is 0 Å². The lowest BCUT2D eigenvalue weighted by atomic mass is 9.92. The Kier molecular flexibility index (Phi) is 5.07. The first-order valence-corrected chi connectivity index (χ1v) is 11.6. The van der Waals surface area contributed by atoms with Crippen molar-refractivity contribution in [3.8, 4) is 34.1 Å². The topological polar surface area (TPSA) is 69.5 Å². The minimum absolute atomic E-state index is 0.685. The smallest absolute Gasteiger partial charge is 0.221 e. The Morgan fingerprint density at radius 3 is 2.28 bits per heavy atom. The molecule has 0 aliphatic carbocycles. The summed E-state index contributed by atoms with van der Waals surface area (Å²) in [5, 5.41) is 5.26. The molecule has 1 N–H and O–H groups in total. The molecular formula is C29H26N3O4+. The highest BCUT2D eigenvalue weighted by Crippen LogP contribution is 2.44. The minimum atomic E-state index is 0.685. The zero-order valence-corrected chi connectivity index (χ0v) is 20.8. The van der Waals surface area contributed by atoms with Crippen molar-refractivity contribution in [2.24, 2.45) is 7.05 Å². The molecule has 0 spiro atoms. The van der Waals surface area contributed by atoms with Crippen LogP contribution in [0.4, 0.5) is 0 Å². The molecule has 0 radical (unpaired) electrons. The normalized spacial score (nSPS) is 11.5. The second kappa shape index (κ2) is 8.30. The molecule has 2 heterocycles. The van der Waals surface area contributed by atoms with E-state index in [4.69, 9.17) is 18.9 Å². The molecule has 0 aliphatic rings. The standard InChI is InChI=1S/C29H25N3O4/c1-32-14-21-18(7-9-24(33-2)29(21)36-5)27-19(16-6-8-22-23(11-16)31-15-30-22)10-17-12-25(34-3)26(35-4)13-20(17)28(27)32/h6-15H,1-5H3/p+1. The zero-order valence-electron chi connectivity index (χ0n) is 20.8. The first-order chi connectivity index (χ1) is 17.6. The zero-order chi connectivity index (χ0) is 25.0. The molecule has 0 atom stereocenters. The second-order valence-electron chi connectivity index (χ2n) is 8.71. The summed E-state index contributed by atoms with van der Waals surface area (Å²) in [5.41, 5.74) is 5.16. The lowest BCUT2D eigenvalue weighted by Crippen LogP contribution is -2.29. The number of fused-ring (bicyclic) bond motifs is 6. The van der Waals surface area contributed by atoms with Crippen LogP contribution in [0.3, 0.4) is 0 Å². The third-order valence-corrected chi connectivity index (χ3v) is 6.88. The number of aryl methyl sites for hydroxylation is 1. The number of nitrogens with zero attached hydrogens (tertiary/aromatic N) is 2. The molecule has 0 unspecified atom stereocenters. The summed E-state index contributed by atoms with van der Waals surface area (Å²) in [6.45, 7) is 0. The molecule has 0 fully saturated rings. The van der Waals surface area contributed by atoms with Crippen LogP contribution in [0.25, 0.3) is 54.6 Å². The molecule has 2 aromatic heterocycles. The van der Waals surface area contributed by atoms with Crippen LogP contribution in [-0.2, 0) is 7.05 Å². The van der Waals surface area contributed by atoms with Gasteiger partial charge in [-0.1, -0.05) is 6.07 Å². The van der Waals surface area contributed by atoms with Gasteiger partial charge < -0.3 is 23.9 Å². The number of benzene rings is 4. The van der Waals surface area contributed by atoms with E-state index in [9.17, 15) is 0 Å². The number of ether oxygens (including phenoxy) is 4. The van der Waals surface area contributed by atoms with Crippen LogP contribution in [0.1, 0.15) is 0 Å². The summed E-state index contributed by atoms with van der Waals surface area (Å²) in [6, 6.07) is 16.7. The van der Waals surface area contributed by atoms with Gasteiger partial charge in [-0.15, -0.1) is 0 Å². The van der Waals surface area contributed by atoms with Crippen molar-refractivity contribution in [3.05, 3.63) is 61.1 Å². The van der Waals surface area contributed by atoms with E-state index >= 15 is 0 Å². The van der Waals surface area contributed by atoms with Crippen LogP contribution < -0.4 is 23.5 Å². The number of aromatic amines is 1. The van der Waals surface area contributed by atoms with Crippen molar-refractivity contribution < 1.29 is 23.5 Å². The Hall–Kier alpha value is -4.52. The van der Waals surface area contributed by atoms with Gasteiger partial charge in [-0.3, -0.25) is 0 Å². The number of H-pyrrole nitrogens is 1. The highest BCUT2D eigenvalue weighted by molar-refractivity contribution is 6.21. The Morgan fingerprint density at radius 1 is 0.750 bits per heavy atom. The lowest BCUT2D eigenvalue weighted by Gasteiger charge is -2.16. The van der Waals surface area contributed by atoms with Crippen LogP contribution in [-0.4, -0.2) is 38.4 Å². The lowest BCUT2D eigenvalue weighted by molar-refractivity contribution is -0.642. The number of aromatic nitrogens is 3. The number of rotatable bonds is 5. The number of methoxy groups -OCH3 is 4. The molecule has 6 rings (SSSR count). The number of imidazole rings is 1. The summed E-state index contributed by atoms with van der Waals surface area (Å²) in [7, 11) is 8.70. The predicted octanol–water partition coefficient (Wildman–Crippen LogP) is 5.55. The largest absolute Gasteiger partial charge is 0.493 e. The maximum atomic E-state index is 5.81. The van der Waals surface area contributed by atoms with Gasteiger partial charge in [0.2, 0.25) is 5.52 Å². The van der Waals surface area contributed by atoms with E-state index in [2.05, 4.69) is 52.0 Å². The van der Waals surface area contributed by atoms with Crippen LogP contribution >= 0.6 is 0 Å².